The molecule has 0 aliphatic carbocycles. The zero-order valence-corrected chi connectivity index (χ0v) is 13.9. The van der Waals surface area contributed by atoms with E-state index in [0.717, 1.165) is 11.2 Å². The number of hydrogen-bond acceptors (Lipinski definition) is 5. The summed E-state index contributed by atoms with van der Waals surface area (Å²) in [7, 11) is 0. The van der Waals surface area contributed by atoms with E-state index in [9.17, 15) is 4.79 Å². The summed E-state index contributed by atoms with van der Waals surface area (Å²) in [5.41, 5.74) is 2.13. The van der Waals surface area contributed by atoms with Crippen LogP contribution in [0.5, 0.6) is 0 Å². The number of fused-ring (bicyclic) bond motifs is 1. The molecule has 2 N–H and O–H groups in total. The number of ketones is 1. The van der Waals surface area contributed by atoms with Crippen molar-refractivity contribution >= 4 is 34.5 Å². The van der Waals surface area contributed by atoms with Crippen LogP contribution < -0.4 is 5.32 Å². The van der Waals surface area contributed by atoms with Gasteiger partial charge in [0.15, 0.2) is 11.6 Å². The van der Waals surface area contributed by atoms with Gasteiger partial charge in [0.2, 0.25) is 11.6 Å². The normalized spacial score (nSPS) is 11.0. The molecule has 25 heavy (non-hydrogen) atoms. The minimum absolute atomic E-state index is 0.0841. The molecule has 0 aliphatic rings. The van der Waals surface area contributed by atoms with Gasteiger partial charge in [0.25, 0.3) is 0 Å². The Morgan fingerprint density at radius 2 is 2.04 bits per heavy atom. The Bertz CT molecular complexity index is 1070. The summed E-state index contributed by atoms with van der Waals surface area (Å²) in [6, 6.07) is 12.2. The number of nitrogens with one attached hydrogen (secondary N) is 2. The number of carbonyl (C=O) groups is 1. The Morgan fingerprint density at radius 3 is 2.76 bits per heavy atom. The minimum Gasteiger partial charge on any atom is -0.322 e. The molecule has 124 valence electrons. The van der Waals surface area contributed by atoms with E-state index in [1.165, 1.54) is 0 Å². The molecule has 4 rings (SSSR count). The molecule has 0 saturated heterocycles. The molecule has 0 radical (unpaired) electrons. The van der Waals surface area contributed by atoms with E-state index in [2.05, 4.69) is 25.6 Å². The first-order valence-corrected chi connectivity index (χ1v) is 7.92. The number of nitrogens with zero attached hydrogens (tertiary/aromatic N) is 4. The van der Waals surface area contributed by atoms with E-state index in [0.29, 0.717) is 22.2 Å². The maximum atomic E-state index is 12.7. The summed E-state index contributed by atoms with van der Waals surface area (Å²) in [5.74, 6) is 0.919. The van der Waals surface area contributed by atoms with Crippen LogP contribution in [-0.2, 0) is 0 Å². The third kappa shape index (κ3) is 2.97. The average Bonchev–Trinajstić information content (AvgIpc) is 3.23. The second-order valence-electron chi connectivity index (χ2n) is 5.52. The van der Waals surface area contributed by atoms with Crippen LogP contribution in [-0.4, -0.2) is 30.6 Å². The van der Waals surface area contributed by atoms with E-state index in [-0.39, 0.29) is 11.6 Å². The summed E-state index contributed by atoms with van der Waals surface area (Å²) >= 11 is 5.88. The molecule has 3 aromatic heterocycles. The average molecular weight is 353 g/mol. The van der Waals surface area contributed by atoms with E-state index in [4.69, 9.17) is 11.6 Å². The van der Waals surface area contributed by atoms with Crippen LogP contribution in [0.3, 0.4) is 0 Å². The lowest BCUT2D eigenvalue weighted by Crippen LogP contribution is -2.12. The fraction of sp³-hybridized carbons (Fsp3) is 0.0588. The van der Waals surface area contributed by atoms with Crippen LogP contribution in [0.1, 0.15) is 21.9 Å². The van der Waals surface area contributed by atoms with Crippen molar-refractivity contribution in [2.75, 3.05) is 5.32 Å². The first kappa shape index (κ1) is 15.3. The topological polar surface area (TPSA) is 88.0 Å². The van der Waals surface area contributed by atoms with Crippen molar-refractivity contribution in [2.24, 2.45) is 0 Å². The van der Waals surface area contributed by atoms with Crippen LogP contribution in [0.15, 0.2) is 48.7 Å². The predicted octanol–water partition coefficient (Wildman–Crippen LogP) is 3.39. The summed E-state index contributed by atoms with van der Waals surface area (Å²) in [6.07, 6.45) is 1.76. The van der Waals surface area contributed by atoms with Crippen LogP contribution in [0.25, 0.3) is 5.52 Å². The van der Waals surface area contributed by atoms with Gasteiger partial charge >= 0.3 is 0 Å². The molecule has 1 aromatic carbocycles. The molecule has 0 bridgehead atoms. The molecule has 0 fully saturated rings. The fourth-order valence-corrected chi connectivity index (χ4v) is 2.58. The Morgan fingerprint density at radius 1 is 1.24 bits per heavy atom. The van der Waals surface area contributed by atoms with Gasteiger partial charge in [0.05, 0.1) is 0 Å². The van der Waals surface area contributed by atoms with E-state index in [1.807, 2.05) is 25.1 Å². The van der Waals surface area contributed by atoms with Crippen molar-refractivity contribution in [3.05, 3.63) is 70.8 Å². The molecule has 8 heteroatoms. The van der Waals surface area contributed by atoms with Gasteiger partial charge in [-0.1, -0.05) is 11.6 Å². The van der Waals surface area contributed by atoms with E-state index >= 15 is 0 Å². The predicted molar refractivity (Wildman–Crippen MR) is 94.5 cm³/mol. The van der Waals surface area contributed by atoms with Crippen LogP contribution >= 0.6 is 11.6 Å². The molecule has 0 saturated carbocycles. The van der Waals surface area contributed by atoms with Gasteiger partial charge in [0, 0.05) is 28.5 Å². The summed E-state index contributed by atoms with van der Waals surface area (Å²) in [5, 5.41) is 15.0. The highest BCUT2D eigenvalue weighted by atomic mass is 35.5. The van der Waals surface area contributed by atoms with Crippen molar-refractivity contribution in [3.8, 4) is 0 Å². The van der Waals surface area contributed by atoms with Crippen molar-refractivity contribution < 1.29 is 4.79 Å². The largest absolute Gasteiger partial charge is 0.322 e. The van der Waals surface area contributed by atoms with Gasteiger partial charge < -0.3 is 5.32 Å². The fourth-order valence-electron chi connectivity index (χ4n) is 2.46. The zero-order valence-electron chi connectivity index (χ0n) is 13.2. The quantitative estimate of drug-likeness (QED) is 0.550. The highest BCUT2D eigenvalue weighted by molar-refractivity contribution is 6.30. The maximum Gasteiger partial charge on any atom is 0.232 e. The van der Waals surface area contributed by atoms with Gasteiger partial charge in [-0.25, -0.2) is 9.50 Å². The lowest BCUT2D eigenvalue weighted by atomic mass is 10.1. The SMILES string of the molecule is Cc1cc(Nc2nc(C(=O)c3ccc(Cl)cc3)nn3cccc23)n[nH]1. The molecule has 0 unspecified atom stereocenters. The molecule has 0 amide bonds. The van der Waals surface area contributed by atoms with Crippen molar-refractivity contribution in [1.82, 2.24) is 24.8 Å². The van der Waals surface area contributed by atoms with Gasteiger partial charge in [-0.05, 0) is 43.3 Å². The smallest absolute Gasteiger partial charge is 0.232 e. The number of benzene rings is 1. The standard InChI is InChI=1S/C17H13ClN6O/c1-10-9-14(22-21-10)19-16-13-3-2-8-24(13)23-17(20-16)15(25)11-4-6-12(18)7-5-11/h2-9H,1H3,(H2,19,20,21,22,23). The number of anilines is 2. The lowest BCUT2D eigenvalue weighted by Gasteiger charge is -2.07. The van der Waals surface area contributed by atoms with Gasteiger partial charge in [-0.2, -0.15) is 5.10 Å². The molecule has 0 aliphatic heterocycles. The zero-order chi connectivity index (χ0) is 17.4. The molecule has 0 spiro atoms. The van der Waals surface area contributed by atoms with Crippen molar-refractivity contribution in [3.63, 3.8) is 0 Å². The van der Waals surface area contributed by atoms with Crippen LogP contribution in [0.4, 0.5) is 11.6 Å². The number of halogens is 1. The van der Waals surface area contributed by atoms with Crippen LogP contribution in [0, 0.1) is 6.92 Å². The summed E-state index contributed by atoms with van der Waals surface area (Å²) in [4.78, 5) is 17.1. The molecule has 0 atom stereocenters. The van der Waals surface area contributed by atoms with Crippen molar-refractivity contribution in [1.29, 1.82) is 0 Å². The summed E-state index contributed by atoms with van der Waals surface area (Å²) < 4.78 is 1.61. The highest BCUT2D eigenvalue weighted by Crippen LogP contribution is 2.20. The van der Waals surface area contributed by atoms with Gasteiger partial charge in [-0.15, -0.1) is 5.10 Å². The minimum atomic E-state index is -0.284. The number of carbonyl (C=O) groups excluding carboxylic acids is 1. The monoisotopic (exact) mass is 352 g/mol. The van der Waals surface area contributed by atoms with E-state index < -0.39 is 0 Å². The molecule has 7 nitrogen and oxygen atoms in total. The second-order valence-corrected chi connectivity index (χ2v) is 5.96. The highest BCUT2D eigenvalue weighted by Gasteiger charge is 2.17. The Labute approximate surface area is 147 Å². The molecule has 3 heterocycles. The number of aromatic amines is 1. The Balaban J connectivity index is 1.77. The third-order valence-electron chi connectivity index (χ3n) is 3.65. The molecule has 4 aromatic rings. The van der Waals surface area contributed by atoms with E-state index in [1.54, 1.807) is 35.0 Å². The third-order valence-corrected chi connectivity index (χ3v) is 3.90. The number of hydrogen-bond donors (Lipinski definition) is 2. The lowest BCUT2D eigenvalue weighted by molar-refractivity contribution is 0.102. The maximum absolute atomic E-state index is 12.7. The molecular weight excluding hydrogens is 340 g/mol. The summed E-state index contributed by atoms with van der Waals surface area (Å²) in [6.45, 7) is 1.90. The van der Waals surface area contributed by atoms with Gasteiger partial charge in [-0.3, -0.25) is 9.89 Å². The first-order valence-electron chi connectivity index (χ1n) is 7.55. The van der Waals surface area contributed by atoms with Crippen LogP contribution in [0.2, 0.25) is 5.02 Å². The second kappa shape index (κ2) is 6.03. The molecular formula is C17H13ClN6O. The number of rotatable bonds is 4. The number of aryl methyl sites for hydroxylation is 1. The first-order chi connectivity index (χ1) is 12.1. The Hall–Kier alpha value is -3.19. The Kier molecular flexibility index (Phi) is 3.70. The van der Waals surface area contributed by atoms with Crippen molar-refractivity contribution in [2.45, 2.75) is 6.92 Å². The number of aromatic nitrogens is 5. The van der Waals surface area contributed by atoms with Gasteiger partial charge in [0.1, 0.15) is 5.52 Å². The number of H-pyrrole nitrogens is 1.